The summed E-state index contributed by atoms with van der Waals surface area (Å²) < 4.78 is 29.6. The molecule has 2 N–H and O–H groups in total. The van der Waals surface area contributed by atoms with E-state index >= 15 is 0 Å². The van der Waals surface area contributed by atoms with Gasteiger partial charge in [-0.05, 0) is 66.9 Å². The van der Waals surface area contributed by atoms with Crippen molar-refractivity contribution in [2.24, 2.45) is 0 Å². The van der Waals surface area contributed by atoms with E-state index in [1.54, 1.807) is 43.3 Å². The lowest BCUT2D eigenvalue weighted by molar-refractivity contribution is -0.116. The summed E-state index contributed by atoms with van der Waals surface area (Å²) in [5, 5.41) is 3.77. The Morgan fingerprint density at radius 3 is 2.53 bits per heavy atom. The van der Waals surface area contributed by atoms with Crippen molar-refractivity contribution in [3.05, 3.63) is 95.7 Å². The topological polar surface area (TPSA) is 97.3 Å². The Kier molecular flexibility index (Phi) is 7.55. The standard InChI is InChI=1S/C28H29N3O4S/c1-3-4-12-27(32)29-24-10-7-9-21(17-24)19-31-16-15-22-18-23(13-14-25(22)31)28(33)30-36(34,35)26-11-6-5-8-20(26)2/h5-11,13-18H,3-4,12,19H2,1-2H3,(H,29,32)(H,30,33). The first-order valence-electron chi connectivity index (χ1n) is 11.9. The van der Waals surface area contributed by atoms with Crippen LogP contribution >= 0.6 is 0 Å². The van der Waals surface area contributed by atoms with Gasteiger partial charge < -0.3 is 9.88 Å². The molecule has 7 nitrogen and oxygen atoms in total. The molecule has 0 aliphatic carbocycles. The molecule has 0 aliphatic heterocycles. The summed E-state index contributed by atoms with van der Waals surface area (Å²) in [5.74, 6) is -0.671. The third-order valence-corrected chi connectivity index (χ3v) is 7.46. The fourth-order valence-corrected chi connectivity index (χ4v) is 5.30. The zero-order chi connectivity index (χ0) is 25.7. The number of sulfonamides is 1. The van der Waals surface area contributed by atoms with Crippen LogP contribution in [0, 0.1) is 6.92 Å². The highest BCUT2D eigenvalue weighted by molar-refractivity contribution is 7.90. The number of carbonyl (C=O) groups is 2. The van der Waals surface area contributed by atoms with Crippen LogP contribution in [0.1, 0.15) is 47.7 Å². The largest absolute Gasteiger partial charge is 0.343 e. The molecule has 36 heavy (non-hydrogen) atoms. The van der Waals surface area contributed by atoms with E-state index in [1.807, 2.05) is 41.1 Å². The smallest absolute Gasteiger partial charge is 0.265 e. The van der Waals surface area contributed by atoms with Gasteiger partial charge in [0.15, 0.2) is 0 Å². The second kappa shape index (κ2) is 10.8. The molecule has 4 rings (SSSR count). The van der Waals surface area contributed by atoms with E-state index in [2.05, 4.69) is 17.0 Å². The van der Waals surface area contributed by atoms with Gasteiger partial charge in [0.05, 0.1) is 4.90 Å². The number of benzene rings is 3. The van der Waals surface area contributed by atoms with Crippen molar-refractivity contribution >= 4 is 38.4 Å². The Hall–Kier alpha value is -3.91. The van der Waals surface area contributed by atoms with Gasteiger partial charge in [0.2, 0.25) is 5.91 Å². The lowest BCUT2D eigenvalue weighted by Gasteiger charge is -2.11. The highest BCUT2D eigenvalue weighted by Gasteiger charge is 2.20. The minimum Gasteiger partial charge on any atom is -0.343 e. The molecule has 186 valence electrons. The summed E-state index contributed by atoms with van der Waals surface area (Å²) in [4.78, 5) is 24.9. The lowest BCUT2D eigenvalue weighted by Crippen LogP contribution is -2.31. The van der Waals surface area contributed by atoms with Gasteiger partial charge in [-0.1, -0.05) is 43.7 Å². The molecule has 4 aromatic rings. The minimum atomic E-state index is -3.98. The second-order valence-electron chi connectivity index (χ2n) is 8.77. The van der Waals surface area contributed by atoms with Crippen LogP contribution in [-0.4, -0.2) is 24.8 Å². The van der Waals surface area contributed by atoms with Crippen LogP contribution in [0.25, 0.3) is 10.9 Å². The van der Waals surface area contributed by atoms with Crippen LogP contribution < -0.4 is 10.0 Å². The normalized spacial score (nSPS) is 11.4. The Balaban J connectivity index is 1.49. The number of aromatic nitrogens is 1. The van der Waals surface area contributed by atoms with Crippen molar-refractivity contribution in [2.75, 3.05) is 5.32 Å². The minimum absolute atomic E-state index is 0.00987. The second-order valence-corrected chi connectivity index (χ2v) is 10.4. The number of carbonyl (C=O) groups excluding carboxylic acids is 2. The molecule has 0 spiro atoms. The van der Waals surface area contributed by atoms with Crippen LogP contribution in [0.2, 0.25) is 0 Å². The lowest BCUT2D eigenvalue weighted by atomic mass is 10.1. The molecule has 0 bridgehead atoms. The van der Waals surface area contributed by atoms with E-state index in [1.165, 1.54) is 6.07 Å². The van der Waals surface area contributed by atoms with Crippen molar-refractivity contribution in [1.29, 1.82) is 0 Å². The molecule has 3 aromatic carbocycles. The number of unbranched alkanes of at least 4 members (excludes halogenated alkanes) is 1. The van der Waals surface area contributed by atoms with Crippen molar-refractivity contribution < 1.29 is 18.0 Å². The summed E-state index contributed by atoms with van der Waals surface area (Å²) in [6.45, 7) is 4.32. The quantitative estimate of drug-likeness (QED) is 0.326. The van der Waals surface area contributed by atoms with Crippen LogP contribution in [0.4, 0.5) is 5.69 Å². The van der Waals surface area contributed by atoms with E-state index in [9.17, 15) is 18.0 Å². The molecular formula is C28H29N3O4S. The first-order valence-corrected chi connectivity index (χ1v) is 13.4. The number of aryl methyl sites for hydroxylation is 1. The molecule has 0 atom stereocenters. The Morgan fingerprint density at radius 2 is 1.75 bits per heavy atom. The number of anilines is 1. The fourth-order valence-electron chi connectivity index (χ4n) is 4.08. The van der Waals surface area contributed by atoms with Gasteiger partial charge in [-0.25, -0.2) is 13.1 Å². The molecule has 0 fully saturated rings. The van der Waals surface area contributed by atoms with Crippen LogP contribution in [0.3, 0.4) is 0 Å². The van der Waals surface area contributed by atoms with Gasteiger partial charge in [-0.15, -0.1) is 0 Å². The molecule has 0 saturated heterocycles. The van der Waals surface area contributed by atoms with Crippen molar-refractivity contribution in [3.8, 4) is 0 Å². The average molecular weight is 504 g/mol. The summed E-state index contributed by atoms with van der Waals surface area (Å²) in [5.41, 5.74) is 3.51. The fraction of sp³-hybridized carbons (Fsp3) is 0.214. The summed E-state index contributed by atoms with van der Waals surface area (Å²) in [6, 6.07) is 21.2. The molecule has 0 aliphatic rings. The van der Waals surface area contributed by atoms with Crippen LogP contribution in [0.15, 0.2) is 83.9 Å². The van der Waals surface area contributed by atoms with Gasteiger partial charge in [0, 0.05) is 41.3 Å². The molecule has 8 heteroatoms. The number of fused-ring (bicyclic) bond motifs is 1. The predicted octanol–water partition coefficient (Wildman–Crippen LogP) is 5.25. The molecule has 2 amide bonds. The number of hydrogen-bond acceptors (Lipinski definition) is 4. The maximum atomic E-state index is 12.7. The summed E-state index contributed by atoms with van der Waals surface area (Å²) in [6.07, 6.45) is 4.26. The highest BCUT2D eigenvalue weighted by Crippen LogP contribution is 2.21. The maximum Gasteiger partial charge on any atom is 0.265 e. The molecule has 0 unspecified atom stereocenters. The number of amides is 2. The average Bonchev–Trinajstić information content (AvgIpc) is 3.24. The van der Waals surface area contributed by atoms with E-state index in [-0.39, 0.29) is 16.4 Å². The van der Waals surface area contributed by atoms with E-state index in [0.717, 1.165) is 35.0 Å². The zero-order valence-electron chi connectivity index (χ0n) is 20.3. The van der Waals surface area contributed by atoms with Crippen molar-refractivity contribution in [2.45, 2.75) is 44.6 Å². The third-order valence-electron chi connectivity index (χ3n) is 5.96. The van der Waals surface area contributed by atoms with Gasteiger partial charge in [0.25, 0.3) is 15.9 Å². The van der Waals surface area contributed by atoms with E-state index < -0.39 is 15.9 Å². The number of nitrogens with zero attached hydrogens (tertiary/aromatic N) is 1. The van der Waals surface area contributed by atoms with Crippen molar-refractivity contribution in [1.82, 2.24) is 9.29 Å². The van der Waals surface area contributed by atoms with E-state index in [4.69, 9.17) is 0 Å². The maximum absolute atomic E-state index is 12.7. The Labute approximate surface area is 211 Å². The predicted molar refractivity (Wildman–Crippen MR) is 141 cm³/mol. The number of nitrogens with one attached hydrogen (secondary N) is 2. The molecule has 0 saturated carbocycles. The highest BCUT2D eigenvalue weighted by atomic mass is 32.2. The van der Waals surface area contributed by atoms with E-state index in [0.29, 0.717) is 18.5 Å². The molecule has 1 heterocycles. The Bertz CT molecular complexity index is 1520. The van der Waals surface area contributed by atoms with Gasteiger partial charge in [-0.2, -0.15) is 0 Å². The third kappa shape index (κ3) is 5.83. The van der Waals surface area contributed by atoms with Crippen molar-refractivity contribution in [3.63, 3.8) is 0 Å². The first-order chi connectivity index (χ1) is 17.3. The summed E-state index contributed by atoms with van der Waals surface area (Å²) in [7, 11) is -3.98. The van der Waals surface area contributed by atoms with Gasteiger partial charge in [-0.3, -0.25) is 9.59 Å². The van der Waals surface area contributed by atoms with Crippen LogP contribution in [0.5, 0.6) is 0 Å². The molecular weight excluding hydrogens is 474 g/mol. The van der Waals surface area contributed by atoms with Gasteiger partial charge >= 0.3 is 0 Å². The number of rotatable bonds is 9. The zero-order valence-corrected chi connectivity index (χ0v) is 21.1. The Morgan fingerprint density at radius 1 is 0.944 bits per heavy atom. The summed E-state index contributed by atoms with van der Waals surface area (Å²) >= 11 is 0. The SMILES string of the molecule is CCCCC(=O)Nc1cccc(Cn2ccc3cc(C(=O)NS(=O)(=O)c4ccccc4C)ccc32)c1. The number of hydrogen-bond donors (Lipinski definition) is 2. The molecule has 0 radical (unpaired) electrons. The van der Waals surface area contributed by atoms with Crippen LogP contribution in [-0.2, 0) is 21.4 Å². The molecule has 1 aromatic heterocycles. The van der Waals surface area contributed by atoms with Gasteiger partial charge in [0.1, 0.15) is 0 Å². The monoisotopic (exact) mass is 503 g/mol. The first kappa shape index (κ1) is 25.2.